The van der Waals surface area contributed by atoms with Crippen LogP contribution in [-0.4, -0.2) is 5.11 Å². The van der Waals surface area contributed by atoms with Crippen LogP contribution in [-0.2, 0) is 13.2 Å². The van der Waals surface area contributed by atoms with Gasteiger partial charge < -0.3 is 9.84 Å². The van der Waals surface area contributed by atoms with E-state index in [4.69, 9.17) is 15.1 Å². The third-order valence-electron chi connectivity index (χ3n) is 2.68. The Balaban J connectivity index is 2.07. The van der Waals surface area contributed by atoms with Crippen molar-refractivity contribution in [3.8, 4) is 11.8 Å². The number of ether oxygens (including phenoxy) is 1. The van der Waals surface area contributed by atoms with Gasteiger partial charge in [-0.3, -0.25) is 0 Å². The Morgan fingerprint density at radius 1 is 1.16 bits per heavy atom. The van der Waals surface area contributed by atoms with Crippen molar-refractivity contribution < 1.29 is 14.2 Å². The summed E-state index contributed by atoms with van der Waals surface area (Å²) in [5.41, 5.74) is 1.52. The molecule has 0 aliphatic heterocycles. The maximum atomic E-state index is 13.5. The Kier molecular flexibility index (Phi) is 4.11. The van der Waals surface area contributed by atoms with E-state index in [2.05, 4.69) is 0 Å². The predicted molar refractivity (Wildman–Crippen MR) is 67.8 cm³/mol. The van der Waals surface area contributed by atoms with Gasteiger partial charge in [-0.2, -0.15) is 5.26 Å². The van der Waals surface area contributed by atoms with Crippen molar-refractivity contribution in [3.05, 3.63) is 65.0 Å². The van der Waals surface area contributed by atoms with E-state index >= 15 is 0 Å². The maximum Gasteiger partial charge on any atom is 0.129 e. The summed E-state index contributed by atoms with van der Waals surface area (Å²) >= 11 is 0. The molecule has 0 spiro atoms. The Hall–Kier alpha value is -2.38. The SMILES string of the molecule is N#Cc1ccc(F)c(COc2ccc(CO)cc2)c1. The van der Waals surface area contributed by atoms with Crippen molar-refractivity contribution in [2.75, 3.05) is 0 Å². The first kappa shape index (κ1) is 13.1. The van der Waals surface area contributed by atoms with Crippen LogP contribution in [0.3, 0.4) is 0 Å². The van der Waals surface area contributed by atoms with Crippen LogP contribution in [0.4, 0.5) is 4.39 Å². The number of aliphatic hydroxyl groups excluding tert-OH is 1. The number of hydrogen-bond acceptors (Lipinski definition) is 3. The number of rotatable bonds is 4. The molecule has 0 saturated heterocycles. The van der Waals surface area contributed by atoms with Gasteiger partial charge in [-0.1, -0.05) is 12.1 Å². The van der Waals surface area contributed by atoms with Crippen molar-refractivity contribution in [3.63, 3.8) is 0 Å². The molecule has 2 rings (SSSR count). The molecule has 2 aromatic carbocycles. The van der Waals surface area contributed by atoms with E-state index in [0.29, 0.717) is 16.9 Å². The topological polar surface area (TPSA) is 53.2 Å². The second-order valence-corrected chi connectivity index (χ2v) is 4.01. The molecule has 0 heterocycles. The van der Waals surface area contributed by atoms with E-state index in [9.17, 15) is 4.39 Å². The number of aliphatic hydroxyl groups is 1. The number of nitrogens with zero attached hydrogens (tertiary/aromatic N) is 1. The molecule has 0 saturated carbocycles. The zero-order valence-corrected chi connectivity index (χ0v) is 10.1. The van der Waals surface area contributed by atoms with Crippen LogP contribution in [0.2, 0.25) is 0 Å². The molecule has 0 bridgehead atoms. The second-order valence-electron chi connectivity index (χ2n) is 4.01. The standard InChI is InChI=1S/C15H12FNO2/c16-15-6-3-12(8-17)7-13(15)10-19-14-4-1-11(9-18)2-5-14/h1-7,18H,9-10H2. The lowest BCUT2D eigenvalue weighted by atomic mass is 10.1. The Morgan fingerprint density at radius 2 is 1.89 bits per heavy atom. The lowest BCUT2D eigenvalue weighted by molar-refractivity contribution is 0.280. The number of nitriles is 1. The van der Waals surface area contributed by atoms with Gasteiger partial charge in [0.1, 0.15) is 18.2 Å². The minimum atomic E-state index is -0.397. The average molecular weight is 257 g/mol. The molecule has 0 unspecified atom stereocenters. The number of benzene rings is 2. The molecule has 1 N–H and O–H groups in total. The van der Waals surface area contributed by atoms with Crippen LogP contribution in [0.5, 0.6) is 5.75 Å². The molecule has 3 nitrogen and oxygen atoms in total. The van der Waals surface area contributed by atoms with Gasteiger partial charge in [0.2, 0.25) is 0 Å². The van der Waals surface area contributed by atoms with Crippen LogP contribution < -0.4 is 4.74 Å². The van der Waals surface area contributed by atoms with E-state index < -0.39 is 5.82 Å². The van der Waals surface area contributed by atoms with E-state index in [1.54, 1.807) is 24.3 Å². The Labute approximate surface area is 110 Å². The zero-order chi connectivity index (χ0) is 13.7. The third-order valence-corrected chi connectivity index (χ3v) is 2.68. The molecule has 0 radical (unpaired) electrons. The first-order valence-corrected chi connectivity index (χ1v) is 5.74. The first-order chi connectivity index (χ1) is 9.22. The van der Waals surface area contributed by atoms with Gasteiger partial charge in [-0.25, -0.2) is 4.39 Å². The van der Waals surface area contributed by atoms with Crippen LogP contribution in [0, 0.1) is 17.1 Å². The Bertz CT molecular complexity index is 603. The molecule has 19 heavy (non-hydrogen) atoms. The first-order valence-electron chi connectivity index (χ1n) is 5.74. The fraction of sp³-hybridized carbons (Fsp3) is 0.133. The molecule has 0 aliphatic carbocycles. The summed E-state index contributed by atoms with van der Waals surface area (Å²) in [6.07, 6.45) is 0. The lowest BCUT2D eigenvalue weighted by Crippen LogP contribution is -1.99. The highest BCUT2D eigenvalue weighted by Gasteiger charge is 2.04. The largest absolute Gasteiger partial charge is 0.489 e. The summed E-state index contributed by atoms with van der Waals surface area (Å²) < 4.78 is 18.9. The number of hydrogen-bond donors (Lipinski definition) is 1. The van der Waals surface area contributed by atoms with E-state index in [1.807, 2.05) is 6.07 Å². The molecule has 0 atom stereocenters. The second kappa shape index (κ2) is 5.98. The van der Waals surface area contributed by atoms with E-state index in [-0.39, 0.29) is 13.2 Å². The van der Waals surface area contributed by atoms with Crippen LogP contribution in [0.15, 0.2) is 42.5 Å². The third kappa shape index (κ3) is 3.30. The molecule has 4 heteroatoms. The molecule has 96 valence electrons. The summed E-state index contributed by atoms with van der Waals surface area (Å²) in [4.78, 5) is 0. The average Bonchev–Trinajstić information content (AvgIpc) is 2.47. The molecule has 0 amide bonds. The summed E-state index contributed by atoms with van der Waals surface area (Å²) in [6.45, 7) is 0.0267. The normalized spacial score (nSPS) is 9.95. The summed E-state index contributed by atoms with van der Waals surface area (Å²) in [6, 6.07) is 13.0. The van der Waals surface area contributed by atoms with Crippen LogP contribution in [0.1, 0.15) is 16.7 Å². The van der Waals surface area contributed by atoms with Crippen molar-refractivity contribution in [2.45, 2.75) is 13.2 Å². The molecule has 0 fully saturated rings. The van der Waals surface area contributed by atoms with Crippen molar-refractivity contribution in [1.82, 2.24) is 0 Å². The fourth-order valence-corrected chi connectivity index (χ4v) is 1.61. The number of halogens is 1. The Morgan fingerprint density at radius 3 is 2.53 bits per heavy atom. The van der Waals surface area contributed by atoms with E-state index in [1.165, 1.54) is 18.2 Å². The molecule has 0 aliphatic rings. The minimum Gasteiger partial charge on any atom is -0.489 e. The predicted octanol–water partition coefficient (Wildman–Crippen LogP) is 2.77. The quantitative estimate of drug-likeness (QED) is 0.916. The summed E-state index contributed by atoms with van der Waals surface area (Å²) in [7, 11) is 0. The van der Waals surface area contributed by atoms with Crippen molar-refractivity contribution in [1.29, 1.82) is 5.26 Å². The van der Waals surface area contributed by atoms with Gasteiger partial charge in [-0.05, 0) is 35.9 Å². The molecule has 0 aromatic heterocycles. The molecular weight excluding hydrogens is 245 g/mol. The zero-order valence-electron chi connectivity index (χ0n) is 10.1. The van der Waals surface area contributed by atoms with Gasteiger partial charge in [0.15, 0.2) is 0 Å². The minimum absolute atomic E-state index is 0.0286. The smallest absolute Gasteiger partial charge is 0.129 e. The monoisotopic (exact) mass is 257 g/mol. The lowest BCUT2D eigenvalue weighted by Gasteiger charge is -2.08. The van der Waals surface area contributed by atoms with Gasteiger partial charge in [0.25, 0.3) is 0 Å². The fourth-order valence-electron chi connectivity index (χ4n) is 1.61. The summed E-state index contributed by atoms with van der Waals surface area (Å²) in [5.74, 6) is 0.185. The highest BCUT2D eigenvalue weighted by atomic mass is 19.1. The van der Waals surface area contributed by atoms with Gasteiger partial charge in [0, 0.05) is 5.56 Å². The molecule has 2 aromatic rings. The highest BCUT2D eigenvalue weighted by Crippen LogP contribution is 2.16. The van der Waals surface area contributed by atoms with Crippen molar-refractivity contribution >= 4 is 0 Å². The van der Waals surface area contributed by atoms with Gasteiger partial charge in [-0.15, -0.1) is 0 Å². The van der Waals surface area contributed by atoms with Gasteiger partial charge in [0.05, 0.1) is 18.2 Å². The van der Waals surface area contributed by atoms with Crippen LogP contribution in [0.25, 0.3) is 0 Å². The maximum absolute atomic E-state index is 13.5. The molecular formula is C15H12FNO2. The van der Waals surface area contributed by atoms with Crippen molar-refractivity contribution in [2.24, 2.45) is 0 Å². The summed E-state index contributed by atoms with van der Waals surface area (Å²) in [5, 5.41) is 17.7. The van der Waals surface area contributed by atoms with Gasteiger partial charge >= 0.3 is 0 Å². The highest BCUT2D eigenvalue weighted by molar-refractivity contribution is 5.34. The van der Waals surface area contributed by atoms with Crippen LogP contribution >= 0.6 is 0 Å². The van der Waals surface area contributed by atoms with E-state index in [0.717, 1.165) is 5.56 Å².